The Hall–Kier alpha value is -2.78. The van der Waals surface area contributed by atoms with Crippen LogP contribution in [-0.2, 0) is 0 Å². The average Bonchev–Trinajstić information content (AvgIpc) is 2.97. The topological polar surface area (TPSA) is 78.9 Å². The minimum absolute atomic E-state index is 0.222. The maximum atomic E-state index is 12.2. The van der Waals surface area contributed by atoms with Gasteiger partial charge in [-0.15, -0.1) is 0 Å². The zero-order valence-corrected chi connectivity index (χ0v) is 11.6. The molecule has 1 aromatic heterocycles. The van der Waals surface area contributed by atoms with Crippen LogP contribution in [0, 0.1) is 10.7 Å². The van der Waals surface area contributed by atoms with Crippen molar-refractivity contribution < 1.29 is 9.21 Å². The minimum Gasteiger partial charge on any atom is -0.443 e. The van der Waals surface area contributed by atoms with Crippen molar-refractivity contribution in [2.24, 2.45) is 0 Å². The molecule has 6 heteroatoms. The molecule has 0 fully saturated rings. The summed E-state index contributed by atoms with van der Waals surface area (Å²) in [5.74, 6) is -0.222. The lowest BCUT2D eigenvalue weighted by molar-refractivity contribution is 0.102. The number of rotatable bonds is 3. The summed E-state index contributed by atoms with van der Waals surface area (Å²) in [4.78, 5) is 17.0. The Balaban J connectivity index is 1.77. The Morgan fingerprint density at radius 2 is 2.05 bits per heavy atom. The third-order valence-corrected chi connectivity index (χ3v) is 3.47. The maximum Gasteiger partial charge on any atom is 0.255 e. The number of fused-ring (bicyclic) bond motifs is 1. The molecule has 0 aliphatic rings. The quantitative estimate of drug-likeness (QED) is 0.589. The molecule has 5 nitrogen and oxygen atoms in total. The number of benzene rings is 2. The second kappa shape index (κ2) is 5.69. The van der Waals surface area contributed by atoms with Gasteiger partial charge in [0, 0.05) is 16.1 Å². The summed E-state index contributed by atoms with van der Waals surface area (Å²) >= 11 is 1.08. The van der Waals surface area contributed by atoms with Crippen molar-refractivity contribution in [3.8, 4) is 5.40 Å². The molecule has 3 aromatic rings. The lowest BCUT2D eigenvalue weighted by Gasteiger charge is -2.05. The van der Waals surface area contributed by atoms with Crippen LogP contribution in [0.3, 0.4) is 0 Å². The number of amides is 1. The predicted molar refractivity (Wildman–Crippen MR) is 79.9 cm³/mol. The lowest BCUT2D eigenvalue weighted by Crippen LogP contribution is -2.11. The fourth-order valence-corrected chi connectivity index (χ4v) is 2.24. The maximum absolute atomic E-state index is 12.2. The van der Waals surface area contributed by atoms with Crippen molar-refractivity contribution in [2.45, 2.75) is 4.90 Å². The molecular weight excluding hydrogens is 286 g/mol. The number of oxazole rings is 1. The first-order valence-electron chi connectivity index (χ1n) is 6.07. The highest BCUT2D eigenvalue weighted by Gasteiger charge is 2.08. The van der Waals surface area contributed by atoms with Gasteiger partial charge >= 0.3 is 0 Å². The normalized spacial score (nSPS) is 10.2. The molecule has 1 amide bonds. The molecule has 2 aromatic carbocycles. The van der Waals surface area contributed by atoms with Gasteiger partial charge in [0.05, 0.1) is 0 Å². The molecule has 3 rings (SSSR count). The van der Waals surface area contributed by atoms with Gasteiger partial charge in [0.25, 0.3) is 5.91 Å². The van der Waals surface area contributed by atoms with Crippen LogP contribution in [0.25, 0.3) is 11.1 Å². The molecule has 0 aliphatic carbocycles. The largest absolute Gasteiger partial charge is 0.443 e. The second-order valence-corrected chi connectivity index (χ2v) is 5.06. The molecule has 0 spiro atoms. The number of aromatic nitrogens is 1. The number of carbonyl (C=O) groups excluding carboxylic acids is 1. The SMILES string of the molecule is N#CSc1ccc(NC(=O)c2ccc3ocnc3c2)cc1. The van der Waals surface area contributed by atoms with Crippen LogP contribution in [0.4, 0.5) is 5.69 Å². The Morgan fingerprint density at radius 3 is 2.81 bits per heavy atom. The van der Waals surface area contributed by atoms with Crippen LogP contribution in [0.15, 0.2) is 58.2 Å². The van der Waals surface area contributed by atoms with Gasteiger partial charge in [-0.25, -0.2) is 4.98 Å². The molecule has 0 unspecified atom stereocenters. The van der Waals surface area contributed by atoms with Crippen LogP contribution in [0.1, 0.15) is 10.4 Å². The van der Waals surface area contributed by atoms with Gasteiger partial charge in [0.1, 0.15) is 10.9 Å². The third-order valence-electron chi connectivity index (χ3n) is 2.87. The van der Waals surface area contributed by atoms with Gasteiger partial charge in [0.15, 0.2) is 12.0 Å². The number of nitrogens with one attached hydrogen (secondary N) is 1. The molecule has 0 bridgehead atoms. The number of thioether (sulfide) groups is 1. The number of carbonyl (C=O) groups is 1. The molecule has 102 valence electrons. The van der Waals surface area contributed by atoms with E-state index in [4.69, 9.17) is 9.68 Å². The number of nitriles is 1. The summed E-state index contributed by atoms with van der Waals surface area (Å²) in [6, 6.07) is 12.1. The monoisotopic (exact) mass is 295 g/mol. The number of hydrogen-bond acceptors (Lipinski definition) is 5. The van der Waals surface area contributed by atoms with Crippen molar-refractivity contribution in [3.05, 3.63) is 54.4 Å². The van der Waals surface area contributed by atoms with Crippen molar-refractivity contribution in [3.63, 3.8) is 0 Å². The van der Waals surface area contributed by atoms with E-state index in [9.17, 15) is 4.79 Å². The smallest absolute Gasteiger partial charge is 0.255 e. The number of nitrogens with zero attached hydrogens (tertiary/aromatic N) is 2. The van der Waals surface area contributed by atoms with E-state index in [1.165, 1.54) is 6.39 Å². The molecule has 1 heterocycles. The fourth-order valence-electron chi connectivity index (χ4n) is 1.86. The first-order chi connectivity index (χ1) is 10.3. The summed E-state index contributed by atoms with van der Waals surface area (Å²) in [7, 11) is 0. The van der Waals surface area contributed by atoms with Crippen molar-refractivity contribution in [1.29, 1.82) is 5.26 Å². The van der Waals surface area contributed by atoms with E-state index in [1.807, 2.05) is 5.40 Å². The molecule has 0 aliphatic heterocycles. The van der Waals surface area contributed by atoms with E-state index < -0.39 is 0 Å². The molecule has 21 heavy (non-hydrogen) atoms. The van der Waals surface area contributed by atoms with Gasteiger partial charge in [-0.3, -0.25) is 4.79 Å². The van der Waals surface area contributed by atoms with Gasteiger partial charge in [-0.05, 0) is 54.2 Å². The van der Waals surface area contributed by atoms with Crippen molar-refractivity contribution >= 4 is 34.5 Å². The standard InChI is InChI=1S/C15H9N3O2S/c16-8-21-12-4-2-11(3-5-12)18-15(19)10-1-6-14-13(7-10)17-9-20-14/h1-7,9H,(H,18,19). The summed E-state index contributed by atoms with van der Waals surface area (Å²) < 4.78 is 5.14. The van der Waals surface area contributed by atoms with E-state index in [0.29, 0.717) is 22.4 Å². The third kappa shape index (κ3) is 2.88. The van der Waals surface area contributed by atoms with Crippen LogP contribution >= 0.6 is 11.8 Å². The van der Waals surface area contributed by atoms with Crippen molar-refractivity contribution in [2.75, 3.05) is 5.32 Å². The summed E-state index contributed by atoms with van der Waals surface area (Å²) in [5, 5.41) is 13.4. The Kier molecular flexibility index (Phi) is 3.58. The molecule has 0 atom stereocenters. The number of anilines is 1. The highest BCUT2D eigenvalue weighted by Crippen LogP contribution is 2.20. The fraction of sp³-hybridized carbons (Fsp3) is 0. The highest BCUT2D eigenvalue weighted by molar-refractivity contribution is 8.03. The molecule has 0 radical (unpaired) electrons. The first kappa shape index (κ1) is 13.2. The van der Waals surface area contributed by atoms with E-state index in [2.05, 4.69) is 10.3 Å². The average molecular weight is 295 g/mol. The highest BCUT2D eigenvalue weighted by atomic mass is 32.2. The predicted octanol–water partition coefficient (Wildman–Crippen LogP) is 3.65. The molecule has 0 saturated heterocycles. The molecule has 1 N–H and O–H groups in total. The minimum atomic E-state index is -0.222. The first-order valence-corrected chi connectivity index (χ1v) is 6.88. The summed E-state index contributed by atoms with van der Waals surface area (Å²) in [5.41, 5.74) is 2.46. The van der Waals surface area contributed by atoms with E-state index in [1.54, 1.807) is 42.5 Å². The summed E-state index contributed by atoms with van der Waals surface area (Å²) in [6.45, 7) is 0. The molecule has 0 saturated carbocycles. The Morgan fingerprint density at radius 1 is 1.24 bits per heavy atom. The van der Waals surface area contributed by atoms with E-state index in [-0.39, 0.29) is 5.91 Å². The Bertz CT molecular complexity index is 834. The number of hydrogen-bond donors (Lipinski definition) is 1. The van der Waals surface area contributed by atoms with Gasteiger partial charge < -0.3 is 9.73 Å². The lowest BCUT2D eigenvalue weighted by atomic mass is 10.2. The van der Waals surface area contributed by atoms with Crippen LogP contribution < -0.4 is 5.32 Å². The van der Waals surface area contributed by atoms with Crippen LogP contribution in [0.2, 0.25) is 0 Å². The van der Waals surface area contributed by atoms with Crippen LogP contribution in [-0.4, -0.2) is 10.9 Å². The van der Waals surface area contributed by atoms with E-state index in [0.717, 1.165) is 16.7 Å². The Labute approximate surface area is 124 Å². The van der Waals surface area contributed by atoms with E-state index >= 15 is 0 Å². The molecular formula is C15H9N3O2S. The van der Waals surface area contributed by atoms with Crippen molar-refractivity contribution in [1.82, 2.24) is 4.98 Å². The van der Waals surface area contributed by atoms with Gasteiger partial charge in [-0.1, -0.05) is 0 Å². The number of thiocyanates is 1. The summed E-state index contributed by atoms with van der Waals surface area (Å²) in [6.07, 6.45) is 1.35. The van der Waals surface area contributed by atoms with Gasteiger partial charge in [-0.2, -0.15) is 5.26 Å². The van der Waals surface area contributed by atoms with Crippen LogP contribution in [0.5, 0.6) is 0 Å². The second-order valence-electron chi connectivity index (χ2n) is 4.21. The zero-order valence-electron chi connectivity index (χ0n) is 10.7. The van der Waals surface area contributed by atoms with Gasteiger partial charge in [0.2, 0.25) is 0 Å². The zero-order chi connectivity index (χ0) is 14.7.